The number of benzene rings is 1. The van der Waals surface area contributed by atoms with Gasteiger partial charge in [0.25, 0.3) is 5.91 Å². The summed E-state index contributed by atoms with van der Waals surface area (Å²) < 4.78 is 5.46. The normalized spacial score (nSPS) is 21.8. The smallest absolute Gasteiger partial charge is 0.270 e. The minimum absolute atomic E-state index is 0.188. The van der Waals surface area contributed by atoms with E-state index in [2.05, 4.69) is 49.4 Å². The van der Waals surface area contributed by atoms with Gasteiger partial charge in [0.1, 0.15) is 17.8 Å². The van der Waals surface area contributed by atoms with Crippen LogP contribution in [0.15, 0.2) is 36.7 Å². The molecule has 1 amide bonds. The Morgan fingerprint density at radius 1 is 1.24 bits per heavy atom. The molecule has 0 saturated heterocycles. The lowest BCUT2D eigenvalue weighted by atomic mass is 9.92. The fraction of sp³-hybridized carbons (Fsp3) is 0.560. The topological polar surface area (TPSA) is 90.8 Å². The number of hydrogen-bond donors (Lipinski definition) is 2. The molecule has 1 saturated carbocycles. The Labute approximate surface area is 196 Å². The molecule has 0 bridgehead atoms. The quantitative estimate of drug-likeness (QED) is 0.632. The van der Waals surface area contributed by atoms with Gasteiger partial charge in [0.15, 0.2) is 0 Å². The monoisotopic (exact) mass is 453 g/mol. The standard InChI is InChI=1S/C25H35N5O3/c1-29(20-7-9-22(33-2)10-8-20)24-13-23(27-17-28-24)25(32)26-14-21(31)16-30-12-11-18-5-3-4-6-19(18)15-30/h3-6,13,17,20-22,31H,7-12,14-16H2,1-2H3,(H,26,32). The van der Waals surface area contributed by atoms with Gasteiger partial charge in [0, 0.05) is 52.4 Å². The van der Waals surface area contributed by atoms with Crippen LogP contribution in [0.2, 0.25) is 0 Å². The number of nitrogens with one attached hydrogen (secondary N) is 1. The lowest BCUT2D eigenvalue weighted by Crippen LogP contribution is -2.42. The highest BCUT2D eigenvalue weighted by molar-refractivity contribution is 5.92. The van der Waals surface area contributed by atoms with Gasteiger partial charge in [-0.05, 0) is 43.2 Å². The van der Waals surface area contributed by atoms with E-state index in [1.54, 1.807) is 13.2 Å². The summed E-state index contributed by atoms with van der Waals surface area (Å²) in [6.45, 7) is 2.45. The number of nitrogens with zero attached hydrogens (tertiary/aromatic N) is 4. The molecule has 1 aromatic heterocycles. The van der Waals surface area contributed by atoms with E-state index in [9.17, 15) is 9.90 Å². The molecule has 178 valence electrons. The molecule has 33 heavy (non-hydrogen) atoms. The number of ether oxygens (including phenoxy) is 1. The van der Waals surface area contributed by atoms with Crippen molar-refractivity contribution >= 4 is 11.7 Å². The number of amides is 1. The highest BCUT2D eigenvalue weighted by Gasteiger charge is 2.25. The van der Waals surface area contributed by atoms with Crippen LogP contribution in [-0.2, 0) is 17.7 Å². The molecule has 0 radical (unpaired) electrons. The number of aliphatic hydroxyl groups is 1. The van der Waals surface area contributed by atoms with Gasteiger partial charge < -0.3 is 20.1 Å². The highest BCUT2D eigenvalue weighted by Crippen LogP contribution is 2.26. The van der Waals surface area contributed by atoms with Gasteiger partial charge in [-0.3, -0.25) is 9.69 Å². The summed E-state index contributed by atoms with van der Waals surface area (Å²) in [6, 6.07) is 10.5. The summed E-state index contributed by atoms with van der Waals surface area (Å²) in [5, 5.41) is 13.3. The molecule has 4 rings (SSSR count). The molecule has 2 heterocycles. The van der Waals surface area contributed by atoms with E-state index < -0.39 is 6.10 Å². The van der Waals surface area contributed by atoms with E-state index in [1.807, 2.05) is 7.05 Å². The van der Waals surface area contributed by atoms with Crippen molar-refractivity contribution in [3.63, 3.8) is 0 Å². The molecule has 2 N–H and O–H groups in total. The zero-order chi connectivity index (χ0) is 23.2. The lowest BCUT2D eigenvalue weighted by molar-refractivity contribution is 0.0659. The molecule has 1 atom stereocenters. The number of hydrogen-bond acceptors (Lipinski definition) is 7. The predicted octanol–water partition coefficient (Wildman–Crippen LogP) is 2.02. The minimum atomic E-state index is -0.640. The maximum absolute atomic E-state index is 12.7. The number of fused-ring (bicyclic) bond motifs is 1. The fourth-order valence-electron chi connectivity index (χ4n) is 4.89. The van der Waals surface area contributed by atoms with E-state index in [0.717, 1.165) is 51.0 Å². The van der Waals surface area contributed by atoms with Crippen LogP contribution in [0.5, 0.6) is 0 Å². The molecule has 8 nitrogen and oxygen atoms in total. The van der Waals surface area contributed by atoms with E-state index in [-0.39, 0.29) is 12.5 Å². The molecule has 1 aliphatic carbocycles. The minimum Gasteiger partial charge on any atom is -0.390 e. The molecule has 1 unspecified atom stereocenters. The van der Waals surface area contributed by atoms with Crippen molar-refractivity contribution < 1.29 is 14.6 Å². The summed E-state index contributed by atoms with van der Waals surface area (Å²) in [7, 11) is 3.79. The number of rotatable bonds is 8. The van der Waals surface area contributed by atoms with Crippen LogP contribution in [0.25, 0.3) is 0 Å². The number of β-amino-alcohol motifs (C(OH)–C–C–N with tert-alkyl or cyclic N) is 1. The third-order valence-electron chi connectivity index (χ3n) is 6.95. The first-order valence-corrected chi connectivity index (χ1v) is 11.9. The average molecular weight is 454 g/mol. The zero-order valence-electron chi connectivity index (χ0n) is 19.6. The molecular formula is C25H35N5O3. The molecule has 8 heteroatoms. The molecular weight excluding hydrogens is 418 g/mol. The van der Waals surface area contributed by atoms with Gasteiger partial charge in [0.2, 0.25) is 0 Å². The fourth-order valence-corrected chi connectivity index (χ4v) is 4.89. The van der Waals surface area contributed by atoms with Crippen molar-refractivity contribution in [2.24, 2.45) is 0 Å². The molecule has 1 aliphatic heterocycles. The number of carbonyl (C=O) groups is 1. The van der Waals surface area contributed by atoms with E-state index >= 15 is 0 Å². The number of aromatic nitrogens is 2. The predicted molar refractivity (Wildman–Crippen MR) is 127 cm³/mol. The third-order valence-corrected chi connectivity index (χ3v) is 6.95. The lowest BCUT2D eigenvalue weighted by Gasteiger charge is -2.34. The van der Waals surface area contributed by atoms with Crippen LogP contribution < -0.4 is 10.2 Å². The Morgan fingerprint density at radius 2 is 2.00 bits per heavy atom. The molecule has 1 aromatic carbocycles. The van der Waals surface area contributed by atoms with Crippen molar-refractivity contribution in [1.29, 1.82) is 0 Å². The Hall–Kier alpha value is -2.55. The summed E-state index contributed by atoms with van der Waals surface area (Å²) in [6.07, 6.45) is 6.26. The first kappa shape index (κ1) is 23.6. The van der Waals surface area contributed by atoms with Crippen LogP contribution in [0, 0.1) is 0 Å². The van der Waals surface area contributed by atoms with Gasteiger partial charge in [-0.2, -0.15) is 0 Å². The van der Waals surface area contributed by atoms with Crippen LogP contribution >= 0.6 is 0 Å². The maximum Gasteiger partial charge on any atom is 0.270 e. The molecule has 2 aromatic rings. The van der Waals surface area contributed by atoms with Gasteiger partial charge in [-0.25, -0.2) is 9.97 Å². The van der Waals surface area contributed by atoms with Crippen LogP contribution in [0.3, 0.4) is 0 Å². The van der Waals surface area contributed by atoms with Crippen molar-refractivity contribution in [2.75, 3.05) is 38.7 Å². The first-order valence-electron chi connectivity index (χ1n) is 11.9. The van der Waals surface area contributed by atoms with Crippen LogP contribution in [0.4, 0.5) is 5.82 Å². The average Bonchev–Trinajstić information content (AvgIpc) is 2.87. The van der Waals surface area contributed by atoms with Gasteiger partial charge >= 0.3 is 0 Å². The van der Waals surface area contributed by atoms with Crippen LogP contribution in [-0.4, -0.2) is 77.9 Å². The van der Waals surface area contributed by atoms with E-state index in [1.165, 1.54) is 17.5 Å². The molecule has 2 aliphatic rings. The van der Waals surface area contributed by atoms with Gasteiger partial charge in [-0.1, -0.05) is 24.3 Å². The second kappa shape index (κ2) is 11.0. The largest absolute Gasteiger partial charge is 0.390 e. The summed E-state index contributed by atoms with van der Waals surface area (Å²) in [4.78, 5) is 25.6. The Kier molecular flexibility index (Phi) is 7.90. The maximum atomic E-state index is 12.7. The van der Waals surface area contributed by atoms with Crippen molar-refractivity contribution in [3.05, 3.63) is 53.5 Å². The van der Waals surface area contributed by atoms with Gasteiger partial charge in [-0.15, -0.1) is 0 Å². The molecule has 1 fully saturated rings. The zero-order valence-corrected chi connectivity index (χ0v) is 19.6. The van der Waals surface area contributed by atoms with Crippen molar-refractivity contribution in [1.82, 2.24) is 20.2 Å². The van der Waals surface area contributed by atoms with Crippen molar-refractivity contribution in [3.8, 4) is 0 Å². The summed E-state index contributed by atoms with van der Waals surface area (Å²) >= 11 is 0. The van der Waals surface area contributed by atoms with Gasteiger partial charge in [0.05, 0.1) is 12.2 Å². The number of carbonyl (C=O) groups excluding carboxylic acids is 1. The van der Waals surface area contributed by atoms with Crippen LogP contribution in [0.1, 0.15) is 47.3 Å². The molecule has 0 spiro atoms. The first-order chi connectivity index (χ1) is 16.0. The summed E-state index contributed by atoms with van der Waals surface area (Å²) in [5.74, 6) is 0.446. The van der Waals surface area contributed by atoms with E-state index in [0.29, 0.717) is 24.4 Å². The van der Waals surface area contributed by atoms with E-state index in [4.69, 9.17) is 4.74 Å². The Bertz CT molecular complexity index is 932. The van der Waals surface area contributed by atoms with Crippen molar-refractivity contribution in [2.45, 2.75) is 56.9 Å². The second-order valence-electron chi connectivity index (χ2n) is 9.16. The highest BCUT2D eigenvalue weighted by atomic mass is 16.5. The Balaban J connectivity index is 1.26. The number of methoxy groups -OCH3 is 1. The SMILES string of the molecule is COC1CCC(N(C)c2cc(C(=O)NCC(O)CN3CCc4ccccc4C3)ncn2)CC1. The third kappa shape index (κ3) is 6.07. The number of aliphatic hydroxyl groups excluding tert-OH is 1. The summed E-state index contributed by atoms with van der Waals surface area (Å²) in [5.41, 5.74) is 3.01. The Morgan fingerprint density at radius 3 is 2.76 bits per heavy atom. The second-order valence-corrected chi connectivity index (χ2v) is 9.16. The number of anilines is 1.